The highest BCUT2D eigenvalue weighted by molar-refractivity contribution is 5.85. The summed E-state index contributed by atoms with van der Waals surface area (Å²) in [6.07, 6.45) is 6.76. The molecule has 1 aromatic rings. The smallest absolute Gasteiger partial charge is 0.0534 e. The lowest BCUT2D eigenvalue weighted by atomic mass is 9.88. The number of aromatic nitrogens is 2. The van der Waals surface area contributed by atoms with Crippen LogP contribution in [-0.2, 0) is 13.1 Å². The second-order valence-corrected chi connectivity index (χ2v) is 5.81. The van der Waals surface area contributed by atoms with Crippen molar-refractivity contribution in [3.63, 3.8) is 0 Å². The van der Waals surface area contributed by atoms with Crippen molar-refractivity contribution in [2.24, 2.45) is 11.8 Å². The summed E-state index contributed by atoms with van der Waals surface area (Å²) in [5, 5.41) is 7.94. The van der Waals surface area contributed by atoms with E-state index in [1.54, 1.807) is 0 Å². The third-order valence-electron chi connectivity index (χ3n) is 4.33. The number of nitrogens with zero attached hydrogens (tertiary/aromatic N) is 3. The van der Waals surface area contributed by atoms with Crippen LogP contribution in [-0.4, -0.2) is 40.9 Å². The van der Waals surface area contributed by atoms with E-state index in [1.807, 2.05) is 6.20 Å². The molecule has 0 spiro atoms. The topological polar surface area (TPSA) is 33.1 Å². The molecular weight excluding hydrogens is 260 g/mol. The van der Waals surface area contributed by atoms with Gasteiger partial charge in [0.2, 0.25) is 0 Å². The Morgan fingerprint density at radius 1 is 1.37 bits per heavy atom. The molecule has 5 heteroatoms. The van der Waals surface area contributed by atoms with Gasteiger partial charge in [-0.3, -0.25) is 9.58 Å². The summed E-state index contributed by atoms with van der Waals surface area (Å²) in [6, 6.07) is 0. The van der Waals surface area contributed by atoms with E-state index in [-0.39, 0.29) is 12.4 Å². The highest BCUT2D eigenvalue weighted by atomic mass is 35.5. The van der Waals surface area contributed by atoms with Gasteiger partial charge in [0.15, 0.2) is 0 Å². The fraction of sp³-hybridized carbons (Fsp3) is 0.786. The quantitative estimate of drug-likeness (QED) is 0.915. The van der Waals surface area contributed by atoms with Crippen molar-refractivity contribution in [3.8, 4) is 0 Å². The zero-order chi connectivity index (χ0) is 12.4. The molecule has 2 unspecified atom stereocenters. The molecule has 0 aliphatic carbocycles. The van der Waals surface area contributed by atoms with E-state index < -0.39 is 0 Å². The van der Waals surface area contributed by atoms with Crippen LogP contribution in [0.1, 0.15) is 25.3 Å². The second-order valence-electron chi connectivity index (χ2n) is 5.81. The van der Waals surface area contributed by atoms with Gasteiger partial charge in [0, 0.05) is 31.4 Å². The van der Waals surface area contributed by atoms with Gasteiger partial charge in [-0.15, -0.1) is 12.4 Å². The van der Waals surface area contributed by atoms with Crippen molar-refractivity contribution in [2.45, 2.75) is 32.9 Å². The molecule has 1 aromatic heterocycles. The average molecular weight is 285 g/mol. The lowest BCUT2D eigenvalue weighted by molar-refractivity contribution is 0.142. The molecule has 1 N–H and O–H groups in total. The number of likely N-dealkylation sites (tertiary alicyclic amines) is 1. The van der Waals surface area contributed by atoms with E-state index in [0.717, 1.165) is 31.3 Å². The third kappa shape index (κ3) is 3.50. The molecule has 2 saturated heterocycles. The maximum atomic E-state index is 4.42. The first-order chi connectivity index (χ1) is 8.85. The first-order valence-corrected chi connectivity index (χ1v) is 7.29. The van der Waals surface area contributed by atoms with Crippen molar-refractivity contribution >= 4 is 12.4 Å². The fourth-order valence-corrected chi connectivity index (χ4v) is 3.35. The summed E-state index contributed by atoms with van der Waals surface area (Å²) in [4.78, 5) is 2.60. The number of nitrogens with one attached hydrogen (secondary N) is 1. The summed E-state index contributed by atoms with van der Waals surface area (Å²) in [5.41, 5.74) is 1.37. The monoisotopic (exact) mass is 284 g/mol. The molecule has 3 heterocycles. The molecular formula is C14H25ClN4. The van der Waals surface area contributed by atoms with E-state index in [4.69, 9.17) is 0 Å². The van der Waals surface area contributed by atoms with Crippen LogP contribution in [0.4, 0.5) is 0 Å². The van der Waals surface area contributed by atoms with Gasteiger partial charge < -0.3 is 5.32 Å². The summed E-state index contributed by atoms with van der Waals surface area (Å²) in [7, 11) is 0. The predicted molar refractivity (Wildman–Crippen MR) is 79.5 cm³/mol. The van der Waals surface area contributed by atoms with Crippen LogP contribution < -0.4 is 5.32 Å². The number of aryl methyl sites for hydroxylation is 1. The highest BCUT2D eigenvalue weighted by Gasteiger charge is 2.32. The molecule has 0 amide bonds. The maximum absolute atomic E-state index is 4.42. The number of hydrogen-bond acceptors (Lipinski definition) is 3. The number of rotatable bonds is 4. The Morgan fingerprint density at radius 3 is 3.05 bits per heavy atom. The van der Waals surface area contributed by atoms with E-state index >= 15 is 0 Å². The molecule has 4 nitrogen and oxygen atoms in total. The molecule has 0 saturated carbocycles. The Hall–Kier alpha value is -0.580. The molecule has 0 radical (unpaired) electrons. The predicted octanol–water partition coefficient (Wildman–Crippen LogP) is 1.76. The Balaban J connectivity index is 0.00000133. The number of halogens is 1. The van der Waals surface area contributed by atoms with E-state index in [0.29, 0.717) is 0 Å². The van der Waals surface area contributed by atoms with Crippen molar-refractivity contribution < 1.29 is 0 Å². The van der Waals surface area contributed by atoms with Crippen molar-refractivity contribution in [3.05, 3.63) is 18.0 Å². The minimum absolute atomic E-state index is 0. The summed E-state index contributed by atoms with van der Waals surface area (Å²) in [6.45, 7) is 9.28. The normalized spacial score (nSPS) is 27.0. The van der Waals surface area contributed by atoms with E-state index in [9.17, 15) is 0 Å². The van der Waals surface area contributed by atoms with Crippen LogP contribution in [0.5, 0.6) is 0 Å². The number of piperidine rings is 1. The SMILES string of the molecule is CCCn1cc(CN2CCC3CNCC3C2)cn1.Cl. The van der Waals surface area contributed by atoms with Crippen LogP contribution in [0.2, 0.25) is 0 Å². The van der Waals surface area contributed by atoms with Gasteiger partial charge in [-0.25, -0.2) is 0 Å². The highest BCUT2D eigenvalue weighted by Crippen LogP contribution is 2.27. The molecule has 108 valence electrons. The Labute approximate surface area is 122 Å². The van der Waals surface area contributed by atoms with Crippen LogP contribution in [0, 0.1) is 11.8 Å². The minimum atomic E-state index is 0. The Bertz CT molecular complexity index is 393. The van der Waals surface area contributed by atoms with Gasteiger partial charge in [0.05, 0.1) is 6.20 Å². The van der Waals surface area contributed by atoms with Crippen molar-refractivity contribution in [1.29, 1.82) is 0 Å². The zero-order valence-corrected chi connectivity index (χ0v) is 12.5. The standard InChI is InChI=1S/C14H24N4.ClH/c1-2-4-18-10-12(6-16-18)9-17-5-3-13-7-15-8-14(13)11-17;/h6,10,13-15H,2-5,7-9,11H2,1H3;1H. The lowest BCUT2D eigenvalue weighted by Gasteiger charge is -2.34. The number of hydrogen-bond donors (Lipinski definition) is 1. The summed E-state index contributed by atoms with van der Waals surface area (Å²) < 4.78 is 2.07. The fourth-order valence-electron chi connectivity index (χ4n) is 3.35. The van der Waals surface area contributed by atoms with Gasteiger partial charge in [0.1, 0.15) is 0 Å². The lowest BCUT2D eigenvalue weighted by Crippen LogP contribution is -2.39. The largest absolute Gasteiger partial charge is 0.316 e. The first-order valence-electron chi connectivity index (χ1n) is 7.29. The molecule has 3 rings (SSSR count). The van der Waals surface area contributed by atoms with Gasteiger partial charge in [-0.1, -0.05) is 6.92 Å². The van der Waals surface area contributed by atoms with Gasteiger partial charge in [0.25, 0.3) is 0 Å². The van der Waals surface area contributed by atoms with E-state index in [1.165, 1.54) is 38.2 Å². The first kappa shape index (κ1) is 14.8. The molecule has 19 heavy (non-hydrogen) atoms. The molecule has 0 aromatic carbocycles. The van der Waals surface area contributed by atoms with Crippen molar-refractivity contribution in [1.82, 2.24) is 20.0 Å². The maximum Gasteiger partial charge on any atom is 0.0534 e. The molecule has 2 aliphatic rings. The number of fused-ring (bicyclic) bond motifs is 1. The second kappa shape index (κ2) is 6.73. The van der Waals surface area contributed by atoms with Crippen LogP contribution in [0.15, 0.2) is 12.4 Å². The van der Waals surface area contributed by atoms with Crippen LogP contribution >= 0.6 is 12.4 Å². The molecule has 2 atom stereocenters. The summed E-state index contributed by atoms with van der Waals surface area (Å²) >= 11 is 0. The van der Waals surface area contributed by atoms with Crippen LogP contribution in [0.25, 0.3) is 0 Å². The van der Waals surface area contributed by atoms with Gasteiger partial charge >= 0.3 is 0 Å². The zero-order valence-electron chi connectivity index (χ0n) is 11.7. The van der Waals surface area contributed by atoms with Gasteiger partial charge in [-0.05, 0) is 44.3 Å². The molecule has 0 bridgehead atoms. The van der Waals surface area contributed by atoms with Crippen LogP contribution in [0.3, 0.4) is 0 Å². The molecule has 2 aliphatic heterocycles. The Morgan fingerprint density at radius 2 is 2.21 bits per heavy atom. The van der Waals surface area contributed by atoms with E-state index in [2.05, 4.69) is 33.1 Å². The Kier molecular flexibility index (Phi) is 5.25. The molecule has 2 fully saturated rings. The summed E-state index contributed by atoms with van der Waals surface area (Å²) in [5.74, 6) is 1.81. The van der Waals surface area contributed by atoms with Crippen molar-refractivity contribution in [2.75, 3.05) is 26.2 Å². The minimum Gasteiger partial charge on any atom is -0.316 e. The van der Waals surface area contributed by atoms with Gasteiger partial charge in [-0.2, -0.15) is 5.10 Å². The average Bonchev–Trinajstić information content (AvgIpc) is 2.98. The third-order valence-corrected chi connectivity index (χ3v) is 4.33.